The van der Waals surface area contributed by atoms with Crippen LogP contribution in [0.2, 0.25) is 0 Å². The predicted octanol–water partition coefficient (Wildman–Crippen LogP) is 1.22. The van der Waals surface area contributed by atoms with Gasteiger partial charge in [0.25, 0.3) is 0 Å². The van der Waals surface area contributed by atoms with E-state index >= 15 is 14.4 Å². The van der Waals surface area contributed by atoms with Crippen molar-refractivity contribution in [3.8, 4) is 0 Å². The molecule has 7 atom stereocenters. The highest BCUT2D eigenvalue weighted by Gasteiger charge is 2.46. The summed E-state index contributed by atoms with van der Waals surface area (Å²) in [7, 11) is 0. The van der Waals surface area contributed by atoms with Crippen molar-refractivity contribution in [1.29, 1.82) is 0 Å². The minimum absolute atomic E-state index is 0.00783. The van der Waals surface area contributed by atoms with Crippen molar-refractivity contribution >= 4 is 70.2 Å². The van der Waals surface area contributed by atoms with Gasteiger partial charge in [-0.15, -0.1) is 0 Å². The molecular formula is C56H72N12O11. The third-order valence-corrected chi connectivity index (χ3v) is 14.9. The average Bonchev–Trinajstić information content (AvgIpc) is 4.01. The van der Waals surface area contributed by atoms with Crippen LogP contribution in [0.3, 0.4) is 0 Å². The van der Waals surface area contributed by atoms with Gasteiger partial charge >= 0.3 is 11.9 Å². The van der Waals surface area contributed by atoms with E-state index in [1.807, 2.05) is 49.4 Å². The Balaban J connectivity index is 1.23. The number of aliphatic imine (C=N–C) groups is 1. The smallest absolute Gasteiger partial charge is 0.326 e. The van der Waals surface area contributed by atoms with Gasteiger partial charge in [0.15, 0.2) is 5.96 Å². The van der Waals surface area contributed by atoms with Crippen molar-refractivity contribution in [3.05, 3.63) is 106 Å². The summed E-state index contributed by atoms with van der Waals surface area (Å²) in [5, 5.41) is 31.8. The van der Waals surface area contributed by atoms with Crippen molar-refractivity contribution in [3.63, 3.8) is 0 Å². The molecule has 422 valence electrons. The molecule has 23 nitrogen and oxygen atoms in total. The van der Waals surface area contributed by atoms with Crippen LogP contribution in [0.4, 0.5) is 0 Å². The number of unbranched alkanes of at least 4 members (excludes halogenated alkanes) is 2. The van der Waals surface area contributed by atoms with Gasteiger partial charge in [-0.1, -0.05) is 86.5 Å². The van der Waals surface area contributed by atoms with E-state index < -0.39 is 102 Å². The number of guanidine groups is 1. The van der Waals surface area contributed by atoms with Gasteiger partial charge in [0.1, 0.15) is 42.3 Å². The van der Waals surface area contributed by atoms with Gasteiger partial charge in [-0.2, -0.15) is 0 Å². The second-order valence-corrected chi connectivity index (χ2v) is 20.5. The maximum Gasteiger partial charge on any atom is 0.326 e. The molecule has 0 spiro atoms. The maximum atomic E-state index is 15.6. The zero-order chi connectivity index (χ0) is 56.9. The van der Waals surface area contributed by atoms with Crippen molar-refractivity contribution < 1.29 is 53.4 Å². The number of carboxylic acid groups (broad SMARTS) is 2. The second kappa shape index (κ2) is 26.8. The molecule has 1 unspecified atom stereocenters. The number of nitrogens with one attached hydrogen (secondary N) is 5. The molecule has 7 amide bonds. The van der Waals surface area contributed by atoms with Crippen molar-refractivity contribution in [1.82, 2.24) is 41.0 Å². The Morgan fingerprint density at radius 2 is 1.19 bits per heavy atom. The number of fused-ring (bicyclic) bond motifs is 5. The molecule has 0 saturated carbocycles. The monoisotopic (exact) mass is 1090 g/mol. The minimum Gasteiger partial charge on any atom is -0.481 e. The molecule has 4 heterocycles. The molecule has 0 fully saturated rings. The highest BCUT2D eigenvalue weighted by atomic mass is 16.4. The normalized spacial score (nSPS) is 18.1. The summed E-state index contributed by atoms with van der Waals surface area (Å²) < 4.78 is 0. The van der Waals surface area contributed by atoms with Crippen LogP contribution in [-0.4, -0.2) is 145 Å². The number of H-pyrrole nitrogens is 1. The number of benzene rings is 3. The molecule has 0 radical (unpaired) electrons. The molecule has 4 aromatic rings. The minimum atomic E-state index is -1.66. The lowest BCUT2D eigenvalue weighted by Crippen LogP contribution is -2.63. The maximum absolute atomic E-state index is 15.6. The molecule has 1 aromatic heterocycles. The van der Waals surface area contributed by atoms with Gasteiger partial charge in [-0.25, -0.2) is 4.79 Å². The van der Waals surface area contributed by atoms with E-state index in [2.05, 4.69) is 31.2 Å². The molecule has 7 rings (SSSR count). The van der Waals surface area contributed by atoms with E-state index in [0.717, 1.165) is 27.6 Å². The fourth-order valence-corrected chi connectivity index (χ4v) is 10.8. The number of para-hydroxylation sites is 1. The Morgan fingerprint density at radius 1 is 0.633 bits per heavy atom. The number of aromatic amines is 1. The summed E-state index contributed by atoms with van der Waals surface area (Å²) >= 11 is 0. The number of rotatable bonds is 24. The van der Waals surface area contributed by atoms with E-state index in [1.165, 1.54) is 21.6 Å². The van der Waals surface area contributed by atoms with Crippen LogP contribution >= 0.6 is 0 Å². The molecule has 3 aliphatic heterocycles. The third kappa shape index (κ3) is 14.4. The molecule has 3 aromatic carbocycles. The fourth-order valence-electron chi connectivity index (χ4n) is 10.8. The number of aliphatic carboxylic acids is 2. The first-order valence-corrected chi connectivity index (χ1v) is 26.9. The van der Waals surface area contributed by atoms with Crippen molar-refractivity contribution in [2.75, 3.05) is 13.1 Å². The van der Waals surface area contributed by atoms with Crippen LogP contribution < -0.4 is 38.5 Å². The van der Waals surface area contributed by atoms with E-state index in [4.69, 9.17) is 17.2 Å². The van der Waals surface area contributed by atoms with Gasteiger partial charge in [-0.3, -0.25) is 43.3 Å². The SMILES string of the molecule is CCCC[C@H](NC(C)=O)C(=O)N[C@@H](CC(=O)O)C(=O)N1Cc2ccccc2C[C@H]1C(=O)N1Cc2ccccc2C[C@@H]1C(=O)N[C@@H](CCCN=C(N)N)C(=O)N1Cc2[nH]c3ccccc3c2CC1C(=O)N[C@@H](CCCCN)C(=O)O. The largest absolute Gasteiger partial charge is 0.481 e. The Morgan fingerprint density at radius 3 is 1.81 bits per heavy atom. The van der Waals surface area contributed by atoms with Crippen LogP contribution in [0.25, 0.3) is 10.9 Å². The van der Waals surface area contributed by atoms with E-state index in [9.17, 15) is 39.0 Å². The zero-order valence-electron chi connectivity index (χ0n) is 44.6. The predicted molar refractivity (Wildman–Crippen MR) is 291 cm³/mol. The number of nitrogens with two attached hydrogens (primary N) is 3. The highest BCUT2D eigenvalue weighted by Crippen LogP contribution is 2.33. The van der Waals surface area contributed by atoms with Crippen LogP contribution in [0, 0.1) is 0 Å². The molecule has 0 bridgehead atoms. The quantitative estimate of drug-likeness (QED) is 0.0268. The number of amides is 7. The van der Waals surface area contributed by atoms with Crippen molar-refractivity contribution in [2.24, 2.45) is 22.2 Å². The first-order chi connectivity index (χ1) is 37.9. The van der Waals surface area contributed by atoms with Crippen LogP contribution in [-0.2, 0) is 82.0 Å². The Labute approximate surface area is 457 Å². The Bertz CT molecular complexity index is 2960. The second-order valence-electron chi connectivity index (χ2n) is 20.5. The molecule has 0 saturated heterocycles. The van der Waals surface area contributed by atoms with Gasteiger partial charge in [0.2, 0.25) is 41.4 Å². The zero-order valence-corrected chi connectivity index (χ0v) is 44.6. The average molecular weight is 1090 g/mol. The van der Waals surface area contributed by atoms with Gasteiger partial charge in [0, 0.05) is 62.4 Å². The lowest BCUT2D eigenvalue weighted by molar-refractivity contribution is -0.154. The number of carboxylic acids is 2. The fraction of sp³-hybridized carbons (Fsp3) is 0.464. The molecule has 3 aliphatic rings. The molecular weight excluding hydrogens is 1020 g/mol. The van der Waals surface area contributed by atoms with Gasteiger partial charge in [0.05, 0.1) is 13.0 Å². The number of hydrogen-bond donors (Lipinski definition) is 10. The Kier molecular flexibility index (Phi) is 19.8. The van der Waals surface area contributed by atoms with Crippen molar-refractivity contribution in [2.45, 2.75) is 153 Å². The highest BCUT2D eigenvalue weighted by molar-refractivity contribution is 5.99. The molecule has 13 N–H and O–H groups in total. The summed E-state index contributed by atoms with van der Waals surface area (Å²) in [4.78, 5) is 138. The van der Waals surface area contributed by atoms with Crippen LogP contribution in [0.5, 0.6) is 0 Å². The summed E-state index contributed by atoms with van der Waals surface area (Å²) in [5.74, 6) is -7.77. The van der Waals surface area contributed by atoms with E-state index in [-0.39, 0.29) is 77.1 Å². The third-order valence-electron chi connectivity index (χ3n) is 14.9. The first kappa shape index (κ1) is 58.3. The lowest BCUT2D eigenvalue weighted by atomic mass is 9.89. The Hall–Kier alpha value is -8.34. The van der Waals surface area contributed by atoms with E-state index in [1.54, 1.807) is 30.3 Å². The molecule has 23 heteroatoms. The number of carbonyl (C=O) groups is 9. The number of carbonyl (C=O) groups excluding carboxylic acids is 7. The number of nitrogens with zero attached hydrogens (tertiary/aromatic N) is 4. The van der Waals surface area contributed by atoms with E-state index in [0.29, 0.717) is 49.0 Å². The lowest BCUT2D eigenvalue weighted by Gasteiger charge is -2.43. The molecule has 0 aliphatic carbocycles. The van der Waals surface area contributed by atoms with Crippen LogP contribution in [0.1, 0.15) is 105 Å². The van der Waals surface area contributed by atoms with Crippen LogP contribution in [0.15, 0.2) is 77.8 Å². The number of aromatic nitrogens is 1. The molecule has 79 heavy (non-hydrogen) atoms. The topological polar surface area (TPSA) is 358 Å². The summed E-state index contributed by atoms with van der Waals surface area (Å²) in [5.41, 5.74) is 22.0. The summed E-state index contributed by atoms with van der Waals surface area (Å²) in [6, 6.07) is 12.6. The van der Waals surface area contributed by atoms with Gasteiger partial charge < -0.3 is 68.4 Å². The summed E-state index contributed by atoms with van der Waals surface area (Å²) in [6.45, 7) is 3.16. The van der Waals surface area contributed by atoms with Gasteiger partial charge in [-0.05, 0) is 79.0 Å². The first-order valence-electron chi connectivity index (χ1n) is 26.9. The number of hydrogen-bond acceptors (Lipinski definition) is 11. The standard InChI is InChI=1S/C56H72N12O11/c1-3-4-19-40(61-32(2)69)49(72)65-43(28-48(70)71)53(76)67-30-36-17-8-6-15-34(36)26-47(67)54(77)66-29-35-16-7-5-14-33(35)25-45(66)50(73)63-41(22-13-24-60-56(58)59)52(75)68-31-44-38(37-18-9-10-20-39(37)62-44)27-46(68)51(74)64-42(55(78)79)21-11-12-23-57/h5-10,14-18,20,40-43,45-47,62H,3-4,11-13,19,21-31,57H2,1-2H3,(H,61,69)(H,63,73)(H,64,74)(H,65,72)(H,70,71)(H,78,79)(H4,58,59,60)/t40-,41-,42-,43-,45+,46?,47-/m0/s1. The summed E-state index contributed by atoms with van der Waals surface area (Å²) in [6.07, 6.45) is 1.74.